The predicted octanol–water partition coefficient (Wildman–Crippen LogP) is 5.28. The van der Waals surface area contributed by atoms with Gasteiger partial charge in [-0.05, 0) is 74.4 Å². The highest BCUT2D eigenvalue weighted by atomic mass is 16.5. The van der Waals surface area contributed by atoms with E-state index in [0.717, 1.165) is 60.2 Å². The van der Waals surface area contributed by atoms with Crippen LogP contribution in [-0.4, -0.2) is 46.6 Å². The number of aromatic nitrogens is 2. The van der Waals surface area contributed by atoms with Crippen molar-refractivity contribution in [1.29, 1.82) is 0 Å². The van der Waals surface area contributed by atoms with Crippen LogP contribution in [0.15, 0.2) is 60.6 Å². The minimum absolute atomic E-state index is 0.0453. The molecule has 1 amide bonds. The molecule has 2 atom stereocenters. The van der Waals surface area contributed by atoms with Gasteiger partial charge in [-0.15, -0.1) is 0 Å². The van der Waals surface area contributed by atoms with Crippen LogP contribution < -0.4 is 4.74 Å². The molecular formula is C29H31N3O4. The lowest BCUT2D eigenvalue weighted by molar-refractivity contribution is -0.136. The molecule has 2 aliphatic heterocycles. The SMILES string of the molecule is COC(=O)c1ccccc1C1CCCC2CCC(=Cc3ccc(-n4cnc(C)c4)c(OC)c3)C(=O)N21. The van der Waals surface area contributed by atoms with Crippen molar-refractivity contribution >= 4 is 18.0 Å². The smallest absolute Gasteiger partial charge is 0.338 e. The Hall–Kier alpha value is -3.87. The zero-order valence-electron chi connectivity index (χ0n) is 20.9. The van der Waals surface area contributed by atoms with Crippen LogP contribution in [0, 0.1) is 6.92 Å². The maximum absolute atomic E-state index is 13.8. The maximum Gasteiger partial charge on any atom is 0.338 e. The van der Waals surface area contributed by atoms with Crippen molar-refractivity contribution in [2.45, 2.75) is 51.1 Å². The zero-order valence-corrected chi connectivity index (χ0v) is 20.9. The number of rotatable bonds is 5. The number of hydrogen-bond donors (Lipinski definition) is 0. The Labute approximate surface area is 211 Å². The standard InChI is InChI=1S/C29H31N3O4/c1-19-17-31(18-30-19)26-14-11-20(16-27(26)35-2)15-21-12-13-22-7-6-10-25(32(22)28(21)33)23-8-4-5-9-24(23)29(34)36-3/h4-5,8-9,11,14-18,22,25H,6-7,10,12-13H2,1-3H3. The fraction of sp³-hybridized carbons (Fsp3) is 0.345. The van der Waals surface area contributed by atoms with Gasteiger partial charge in [0, 0.05) is 17.8 Å². The third-order valence-corrected chi connectivity index (χ3v) is 7.26. The first kappa shape index (κ1) is 23.9. The van der Waals surface area contributed by atoms with Gasteiger partial charge in [-0.3, -0.25) is 4.79 Å². The van der Waals surface area contributed by atoms with Crippen molar-refractivity contribution in [2.75, 3.05) is 14.2 Å². The monoisotopic (exact) mass is 485 g/mol. The van der Waals surface area contributed by atoms with E-state index in [1.165, 1.54) is 7.11 Å². The summed E-state index contributed by atoms with van der Waals surface area (Å²) in [5.74, 6) is 0.392. The number of aryl methyl sites for hydroxylation is 1. The molecule has 3 heterocycles. The van der Waals surface area contributed by atoms with Crippen LogP contribution in [0.4, 0.5) is 0 Å². The Balaban J connectivity index is 1.47. The lowest BCUT2D eigenvalue weighted by Gasteiger charge is -2.46. The number of benzene rings is 2. The average molecular weight is 486 g/mol. The van der Waals surface area contributed by atoms with Crippen molar-refractivity contribution in [3.63, 3.8) is 0 Å². The highest BCUT2D eigenvalue weighted by molar-refractivity contribution is 5.99. The van der Waals surface area contributed by atoms with Crippen LogP contribution >= 0.6 is 0 Å². The molecule has 186 valence electrons. The second-order valence-corrected chi connectivity index (χ2v) is 9.45. The van der Waals surface area contributed by atoms with Gasteiger partial charge in [-0.2, -0.15) is 0 Å². The van der Waals surface area contributed by atoms with Crippen LogP contribution in [0.1, 0.15) is 65.3 Å². The minimum Gasteiger partial charge on any atom is -0.495 e. The molecule has 3 aromatic rings. The van der Waals surface area contributed by atoms with E-state index >= 15 is 0 Å². The number of ether oxygens (including phenoxy) is 2. The summed E-state index contributed by atoms with van der Waals surface area (Å²) in [6.45, 7) is 1.95. The average Bonchev–Trinajstić information content (AvgIpc) is 3.35. The van der Waals surface area contributed by atoms with Crippen LogP contribution in [0.5, 0.6) is 5.75 Å². The van der Waals surface area contributed by atoms with E-state index in [0.29, 0.717) is 11.3 Å². The second kappa shape index (κ2) is 10.0. The van der Waals surface area contributed by atoms with Gasteiger partial charge in [0.1, 0.15) is 5.75 Å². The van der Waals surface area contributed by atoms with Crippen molar-refractivity contribution in [2.24, 2.45) is 0 Å². The summed E-state index contributed by atoms with van der Waals surface area (Å²) in [4.78, 5) is 32.6. The number of hydrogen-bond acceptors (Lipinski definition) is 5. The van der Waals surface area contributed by atoms with Crippen molar-refractivity contribution in [3.05, 3.63) is 82.9 Å². The van der Waals surface area contributed by atoms with Gasteiger partial charge in [0.05, 0.1) is 43.5 Å². The lowest BCUT2D eigenvalue weighted by Crippen LogP contribution is -2.49. The Kier molecular flexibility index (Phi) is 6.63. The molecular weight excluding hydrogens is 454 g/mol. The molecule has 0 spiro atoms. The van der Waals surface area contributed by atoms with Gasteiger partial charge in [0.25, 0.3) is 5.91 Å². The summed E-state index contributed by atoms with van der Waals surface area (Å²) >= 11 is 0. The summed E-state index contributed by atoms with van der Waals surface area (Å²) in [5.41, 5.74) is 4.91. The molecule has 36 heavy (non-hydrogen) atoms. The number of amides is 1. The molecule has 0 radical (unpaired) electrons. The van der Waals surface area contributed by atoms with Crippen molar-refractivity contribution in [1.82, 2.24) is 14.5 Å². The zero-order chi connectivity index (χ0) is 25.2. The molecule has 7 nitrogen and oxygen atoms in total. The van der Waals surface area contributed by atoms with Crippen LogP contribution in [0.3, 0.4) is 0 Å². The van der Waals surface area contributed by atoms with Gasteiger partial charge >= 0.3 is 5.97 Å². The predicted molar refractivity (Wildman–Crippen MR) is 137 cm³/mol. The largest absolute Gasteiger partial charge is 0.495 e. The molecule has 1 aromatic heterocycles. The number of methoxy groups -OCH3 is 2. The normalized spacial score (nSPS) is 20.8. The molecule has 0 aliphatic carbocycles. The highest BCUT2D eigenvalue weighted by Gasteiger charge is 2.40. The number of fused-ring (bicyclic) bond motifs is 1. The fourth-order valence-electron chi connectivity index (χ4n) is 5.54. The van der Waals surface area contributed by atoms with Gasteiger partial charge in [0.2, 0.25) is 0 Å². The first-order valence-electron chi connectivity index (χ1n) is 12.4. The number of carbonyl (C=O) groups excluding carboxylic acids is 2. The molecule has 0 saturated carbocycles. The topological polar surface area (TPSA) is 73.7 Å². The van der Waals surface area contributed by atoms with Crippen molar-refractivity contribution in [3.8, 4) is 11.4 Å². The van der Waals surface area contributed by atoms with E-state index in [9.17, 15) is 9.59 Å². The summed E-state index contributed by atoms with van der Waals surface area (Å²) in [5, 5.41) is 0. The second-order valence-electron chi connectivity index (χ2n) is 9.45. The fourth-order valence-corrected chi connectivity index (χ4v) is 5.54. The molecule has 0 bridgehead atoms. The number of nitrogens with zero attached hydrogens (tertiary/aromatic N) is 3. The van der Waals surface area contributed by atoms with E-state index < -0.39 is 0 Å². The number of esters is 1. The minimum atomic E-state index is -0.367. The van der Waals surface area contributed by atoms with Crippen molar-refractivity contribution < 1.29 is 19.1 Å². The summed E-state index contributed by atoms with van der Waals surface area (Å²) in [7, 11) is 3.04. The van der Waals surface area contributed by atoms with Crippen LogP contribution in [0.25, 0.3) is 11.8 Å². The Morgan fingerprint density at radius 3 is 2.69 bits per heavy atom. The quantitative estimate of drug-likeness (QED) is 0.363. The number of carbonyl (C=O) groups is 2. The molecule has 2 aromatic carbocycles. The van der Waals surface area contributed by atoms with E-state index in [-0.39, 0.29) is 24.0 Å². The maximum atomic E-state index is 13.8. The van der Waals surface area contributed by atoms with Gasteiger partial charge in [0.15, 0.2) is 0 Å². The van der Waals surface area contributed by atoms with E-state index in [1.807, 2.05) is 65.1 Å². The number of piperidine rings is 2. The Morgan fingerprint density at radius 2 is 1.94 bits per heavy atom. The molecule has 0 N–H and O–H groups in total. The summed E-state index contributed by atoms with van der Waals surface area (Å²) in [6.07, 6.45) is 10.2. The van der Waals surface area contributed by atoms with Gasteiger partial charge < -0.3 is 18.9 Å². The highest BCUT2D eigenvalue weighted by Crippen LogP contribution is 2.42. The first-order valence-corrected chi connectivity index (χ1v) is 12.4. The lowest BCUT2D eigenvalue weighted by atomic mass is 9.82. The molecule has 7 heteroatoms. The van der Waals surface area contributed by atoms with Crippen LogP contribution in [-0.2, 0) is 9.53 Å². The van der Waals surface area contributed by atoms with E-state index in [4.69, 9.17) is 9.47 Å². The van der Waals surface area contributed by atoms with Crippen LogP contribution in [0.2, 0.25) is 0 Å². The van der Waals surface area contributed by atoms with E-state index in [1.54, 1.807) is 19.5 Å². The summed E-state index contributed by atoms with van der Waals surface area (Å²) in [6, 6.07) is 13.5. The Bertz CT molecular complexity index is 1330. The number of imidazole rings is 1. The Morgan fingerprint density at radius 1 is 1.11 bits per heavy atom. The molecule has 2 unspecified atom stereocenters. The van der Waals surface area contributed by atoms with Gasteiger partial charge in [-0.1, -0.05) is 24.3 Å². The first-order chi connectivity index (χ1) is 17.5. The van der Waals surface area contributed by atoms with E-state index in [2.05, 4.69) is 4.98 Å². The third kappa shape index (κ3) is 4.41. The molecule has 5 rings (SSSR count). The summed E-state index contributed by atoms with van der Waals surface area (Å²) < 4.78 is 12.6. The molecule has 2 aliphatic rings. The van der Waals surface area contributed by atoms with Gasteiger partial charge in [-0.25, -0.2) is 9.78 Å². The third-order valence-electron chi connectivity index (χ3n) is 7.26. The molecule has 2 fully saturated rings. The molecule has 2 saturated heterocycles.